The Labute approximate surface area is 158 Å². The van der Waals surface area contributed by atoms with Crippen molar-refractivity contribution in [1.82, 2.24) is 5.32 Å². The number of carbonyl (C=O) groups excluding carboxylic acids is 2. The predicted octanol–water partition coefficient (Wildman–Crippen LogP) is 1.88. The normalized spacial score (nSPS) is 21.5. The highest BCUT2D eigenvalue weighted by molar-refractivity contribution is 6.01. The number of nitrogens with one attached hydrogen (secondary N) is 2. The highest BCUT2D eigenvalue weighted by Crippen LogP contribution is 2.30. The molecule has 8 heteroatoms. The lowest BCUT2D eigenvalue weighted by atomic mass is 9.95. The summed E-state index contributed by atoms with van der Waals surface area (Å²) in [6.07, 6.45) is 2.19. The lowest BCUT2D eigenvalue weighted by Crippen LogP contribution is -2.47. The minimum Gasteiger partial charge on any atom is -0.374 e. The fraction of sp³-hybridized carbons (Fsp3) is 0.579. The quantitative estimate of drug-likeness (QED) is 0.580. The molecule has 2 amide bonds. The average molecular weight is 379 g/mol. The first-order valence-electron chi connectivity index (χ1n) is 9.22. The van der Waals surface area contributed by atoms with Gasteiger partial charge in [-0.3, -0.25) is 14.9 Å². The number of methoxy groups -OCH3 is 2. The molecule has 2 saturated heterocycles. The number of benzene rings is 1. The molecular weight excluding hydrogens is 353 g/mol. The zero-order valence-corrected chi connectivity index (χ0v) is 15.7. The minimum atomic E-state index is -0.524. The van der Waals surface area contributed by atoms with Crippen LogP contribution in [0.4, 0.5) is 15.8 Å². The van der Waals surface area contributed by atoms with E-state index in [2.05, 4.69) is 10.6 Å². The van der Waals surface area contributed by atoms with E-state index in [4.69, 9.17) is 9.47 Å². The summed E-state index contributed by atoms with van der Waals surface area (Å²) in [5, 5.41) is 5.29. The third-order valence-electron chi connectivity index (χ3n) is 5.26. The smallest absolute Gasteiger partial charge is 0.249 e. The van der Waals surface area contributed by atoms with Gasteiger partial charge in [0.2, 0.25) is 11.8 Å². The molecule has 0 radical (unpaired) electrons. The van der Waals surface area contributed by atoms with Gasteiger partial charge in [0.05, 0.1) is 5.69 Å². The van der Waals surface area contributed by atoms with Gasteiger partial charge in [0, 0.05) is 45.3 Å². The van der Waals surface area contributed by atoms with Gasteiger partial charge in [0.15, 0.2) is 6.29 Å². The number of halogens is 1. The van der Waals surface area contributed by atoms with Gasteiger partial charge in [-0.05, 0) is 37.5 Å². The van der Waals surface area contributed by atoms with E-state index in [1.807, 2.05) is 4.90 Å². The minimum absolute atomic E-state index is 0.225. The second-order valence-electron chi connectivity index (χ2n) is 6.98. The average Bonchev–Trinajstić information content (AvgIpc) is 2.66. The third kappa shape index (κ3) is 4.56. The number of ether oxygens (including phenoxy) is 2. The predicted molar refractivity (Wildman–Crippen MR) is 98.9 cm³/mol. The summed E-state index contributed by atoms with van der Waals surface area (Å²) >= 11 is 0. The molecule has 7 nitrogen and oxygen atoms in total. The number of imide groups is 1. The van der Waals surface area contributed by atoms with E-state index in [-0.39, 0.29) is 30.3 Å². The van der Waals surface area contributed by atoms with E-state index < -0.39 is 6.04 Å². The van der Waals surface area contributed by atoms with Crippen LogP contribution in [0.15, 0.2) is 18.2 Å². The standard InChI is InChI=1S/C19H26FN3O4/c1-26-19(27-2)12-7-9-23(10-8-12)16-5-3-13(11-14(16)20)21-15-4-6-17(24)22-18(15)25/h3,5,11-12,15,19,21H,4,6-10H2,1-2H3,(H,22,24,25). The van der Waals surface area contributed by atoms with E-state index in [1.54, 1.807) is 26.4 Å². The summed E-state index contributed by atoms with van der Waals surface area (Å²) < 4.78 is 25.3. The number of nitrogens with zero attached hydrogens (tertiary/aromatic N) is 1. The number of carbonyl (C=O) groups is 2. The van der Waals surface area contributed by atoms with Gasteiger partial charge in [0.1, 0.15) is 11.9 Å². The van der Waals surface area contributed by atoms with Gasteiger partial charge < -0.3 is 19.7 Å². The monoisotopic (exact) mass is 379 g/mol. The lowest BCUT2D eigenvalue weighted by Gasteiger charge is -2.36. The van der Waals surface area contributed by atoms with Crippen molar-refractivity contribution in [3.05, 3.63) is 24.0 Å². The van der Waals surface area contributed by atoms with Crippen LogP contribution < -0.4 is 15.5 Å². The van der Waals surface area contributed by atoms with Crippen molar-refractivity contribution in [2.24, 2.45) is 5.92 Å². The molecule has 1 aromatic carbocycles. The summed E-state index contributed by atoms with van der Waals surface area (Å²) in [5.41, 5.74) is 1.08. The van der Waals surface area contributed by atoms with Gasteiger partial charge in [-0.25, -0.2) is 4.39 Å². The summed E-state index contributed by atoms with van der Waals surface area (Å²) in [6.45, 7) is 1.45. The number of hydrogen-bond acceptors (Lipinski definition) is 6. The first kappa shape index (κ1) is 19.6. The molecule has 2 heterocycles. The number of rotatable bonds is 6. The van der Waals surface area contributed by atoms with Gasteiger partial charge in [-0.1, -0.05) is 0 Å². The maximum atomic E-state index is 14.7. The van der Waals surface area contributed by atoms with Gasteiger partial charge in [0.25, 0.3) is 0 Å². The first-order valence-corrected chi connectivity index (χ1v) is 9.22. The number of anilines is 2. The Morgan fingerprint density at radius 3 is 2.48 bits per heavy atom. The van der Waals surface area contributed by atoms with E-state index in [0.717, 1.165) is 25.9 Å². The highest BCUT2D eigenvalue weighted by atomic mass is 19.1. The first-order chi connectivity index (χ1) is 13.0. The molecule has 0 bridgehead atoms. The zero-order valence-electron chi connectivity index (χ0n) is 15.7. The molecule has 3 rings (SSSR count). The van der Waals surface area contributed by atoms with E-state index >= 15 is 0 Å². The SMILES string of the molecule is COC(OC)C1CCN(c2ccc(NC3CCC(=O)NC3=O)cc2F)CC1. The van der Waals surface area contributed by atoms with E-state index in [9.17, 15) is 14.0 Å². The molecule has 1 unspecified atom stereocenters. The molecule has 2 fully saturated rings. The van der Waals surface area contributed by atoms with Crippen LogP contribution >= 0.6 is 0 Å². The van der Waals surface area contributed by atoms with Crippen LogP contribution in [0, 0.1) is 11.7 Å². The second kappa shape index (κ2) is 8.67. The molecule has 0 saturated carbocycles. The molecule has 0 aliphatic carbocycles. The molecule has 27 heavy (non-hydrogen) atoms. The third-order valence-corrected chi connectivity index (χ3v) is 5.26. The summed E-state index contributed by atoms with van der Waals surface area (Å²) in [6, 6.07) is 4.37. The van der Waals surface area contributed by atoms with Crippen molar-refractivity contribution in [2.75, 3.05) is 37.5 Å². The van der Waals surface area contributed by atoms with Crippen LogP contribution in [0.2, 0.25) is 0 Å². The Bertz CT molecular complexity index is 688. The van der Waals surface area contributed by atoms with Gasteiger partial charge in [-0.2, -0.15) is 0 Å². The molecule has 1 aromatic rings. The van der Waals surface area contributed by atoms with Crippen LogP contribution in [0.3, 0.4) is 0 Å². The van der Waals surface area contributed by atoms with Crippen molar-refractivity contribution < 1.29 is 23.5 Å². The Morgan fingerprint density at radius 1 is 1.19 bits per heavy atom. The van der Waals surface area contributed by atoms with Crippen LogP contribution in [0.1, 0.15) is 25.7 Å². The Kier molecular flexibility index (Phi) is 6.28. The van der Waals surface area contributed by atoms with E-state index in [0.29, 0.717) is 23.7 Å². The van der Waals surface area contributed by atoms with Crippen molar-refractivity contribution in [3.63, 3.8) is 0 Å². The molecule has 2 aliphatic heterocycles. The maximum Gasteiger partial charge on any atom is 0.249 e. The summed E-state index contributed by atoms with van der Waals surface area (Å²) in [4.78, 5) is 25.1. The van der Waals surface area contributed by atoms with Crippen molar-refractivity contribution in [2.45, 2.75) is 38.0 Å². The summed E-state index contributed by atoms with van der Waals surface area (Å²) in [5.74, 6) is -0.677. The van der Waals surface area contributed by atoms with Crippen LogP contribution in [-0.2, 0) is 19.1 Å². The van der Waals surface area contributed by atoms with Gasteiger partial charge >= 0.3 is 0 Å². The summed E-state index contributed by atoms with van der Waals surface area (Å²) in [7, 11) is 3.27. The Hall–Kier alpha value is -2.19. The molecule has 2 N–H and O–H groups in total. The number of piperidine rings is 2. The zero-order chi connectivity index (χ0) is 19.4. The Morgan fingerprint density at radius 2 is 1.89 bits per heavy atom. The fourth-order valence-electron chi connectivity index (χ4n) is 3.78. The van der Waals surface area contributed by atoms with Crippen LogP contribution in [-0.4, -0.2) is 51.5 Å². The molecule has 0 aromatic heterocycles. The van der Waals surface area contributed by atoms with Crippen molar-refractivity contribution in [3.8, 4) is 0 Å². The molecular formula is C19H26FN3O4. The second-order valence-corrected chi connectivity index (χ2v) is 6.98. The van der Waals surface area contributed by atoms with Crippen LogP contribution in [0.5, 0.6) is 0 Å². The van der Waals surface area contributed by atoms with Crippen molar-refractivity contribution in [1.29, 1.82) is 0 Å². The largest absolute Gasteiger partial charge is 0.374 e. The topological polar surface area (TPSA) is 79.9 Å². The fourth-order valence-corrected chi connectivity index (χ4v) is 3.78. The number of amides is 2. The lowest BCUT2D eigenvalue weighted by molar-refractivity contribution is -0.141. The molecule has 1 atom stereocenters. The molecule has 2 aliphatic rings. The van der Waals surface area contributed by atoms with E-state index in [1.165, 1.54) is 6.07 Å². The highest BCUT2D eigenvalue weighted by Gasteiger charge is 2.29. The maximum absolute atomic E-state index is 14.7. The Balaban J connectivity index is 1.60. The van der Waals surface area contributed by atoms with Crippen molar-refractivity contribution >= 4 is 23.2 Å². The van der Waals surface area contributed by atoms with Gasteiger partial charge in [-0.15, -0.1) is 0 Å². The van der Waals surface area contributed by atoms with Crippen LogP contribution in [0.25, 0.3) is 0 Å². The molecule has 0 spiro atoms. The number of hydrogen-bond donors (Lipinski definition) is 2. The molecule has 148 valence electrons.